The van der Waals surface area contributed by atoms with E-state index < -0.39 is 56.2 Å². The van der Waals surface area contributed by atoms with Crippen molar-refractivity contribution in [2.45, 2.75) is 94.2 Å². The van der Waals surface area contributed by atoms with Crippen molar-refractivity contribution in [1.82, 2.24) is 19.9 Å². The first-order chi connectivity index (χ1) is 23.6. The smallest absolute Gasteiger partial charge is 0.259 e. The molecule has 4 N–H and O–H groups in total. The molecule has 0 spiro atoms. The van der Waals surface area contributed by atoms with E-state index in [1.807, 2.05) is 62.3 Å². The zero-order chi connectivity index (χ0) is 36.2. The van der Waals surface area contributed by atoms with Gasteiger partial charge in [-0.1, -0.05) is 26.0 Å². The van der Waals surface area contributed by atoms with Crippen LogP contribution in [0.2, 0.25) is 0 Å². The molecule has 1 aromatic heterocycles. The number of sulfonamides is 1. The molecule has 13 nitrogen and oxygen atoms in total. The molecule has 4 aliphatic rings. The minimum atomic E-state index is -3.95. The molecule has 14 heteroatoms. The van der Waals surface area contributed by atoms with Crippen LogP contribution >= 0.6 is 0 Å². The minimum absolute atomic E-state index is 0.0771. The van der Waals surface area contributed by atoms with Crippen LogP contribution in [-0.4, -0.2) is 92.2 Å². The highest BCUT2D eigenvalue weighted by atomic mass is 32.2. The number of ether oxygens (including phenoxy) is 2. The van der Waals surface area contributed by atoms with Gasteiger partial charge in [-0.3, -0.25) is 19.1 Å². The van der Waals surface area contributed by atoms with Gasteiger partial charge in [0.25, 0.3) is 5.91 Å². The van der Waals surface area contributed by atoms with Crippen LogP contribution in [-0.2, 0) is 24.4 Å². The molecule has 0 radical (unpaired) electrons. The van der Waals surface area contributed by atoms with Crippen LogP contribution in [0.4, 0.5) is 5.82 Å². The number of nitrogens with one attached hydrogen (secondary N) is 2. The highest BCUT2D eigenvalue weighted by Crippen LogP contribution is 2.47. The summed E-state index contributed by atoms with van der Waals surface area (Å²) in [6, 6.07) is 5.63. The number of hydrogen-bond donors (Lipinski definition) is 3. The number of amides is 3. The third-order valence-electron chi connectivity index (χ3n) is 11.0. The van der Waals surface area contributed by atoms with E-state index in [0.29, 0.717) is 30.3 Å². The molecule has 50 heavy (non-hydrogen) atoms. The van der Waals surface area contributed by atoms with Gasteiger partial charge in [-0.05, 0) is 86.9 Å². The Hall–Kier alpha value is -3.91. The lowest BCUT2D eigenvalue weighted by Crippen LogP contribution is -2.58. The molecule has 0 bridgehead atoms. The number of methoxy groups -OCH3 is 1. The highest BCUT2D eigenvalue weighted by molar-refractivity contribution is 7.91. The molecule has 3 heterocycles. The normalized spacial score (nSPS) is 31.7. The predicted octanol–water partition coefficient (Wildman–Crippen LogP) is 2.87. The van der Waals surface area contributed by atoms with E-state index in [0.717, 1.165) is 30.0 Å². The summed E-state index contributed by atoms with van der Waals surface area (Å²) in [5.41, 5.74) is 5.15. The molecule has 1 aromatic carbocycles. The summed E-state index contributed by atoms with van der Waals surface area (Å²) in [5.74, 6) is -0.264. The third-order valence-corrected chi connectivity index (χ3v) is 13.2. The molecule has 3 fully saturated rings. The number of benzene rings is 1. The zero-order valence-corrected chi connectivity index (χ0v) is 30.6. The summed E-state index contributed by atoms with van der Waals surface area (Å²) in [6.07, 6.45) is 6.90. The minimum Gasteiger partial charge on any atom is -0.497 e. The molecule has 2 saturated carbocycles. The van der Waals surface area contributed by atoms with Gasteiger partial charge in [0.1, 0.15) is 29.3 Å². The van der Waals surface area contributed by atoms with Gasteiger partial charge in [0.2, 0.25) is 27.7 Å². The maximum atomic E-state index is 14.3. The molecule has 2 aliphatic carbocycles. The summed E-state index contributed by atoms with van der Waals surface area (Å²) < 4.78 is 39.4. The number of nitrogens with two attached hydrogens (primary N) is 1. The van der Waals surface area contributed by atoms with Crippen molar-refractivity contribution in [2.75, 3.05) is 32.6 Å². The molecule has 3 amide bonds. The summed E-state index contributed by atoms with van der Waals surface area (Å²) in [6.45, 7) is 5.77. The number of allylic oxidation sites excluding steroid dienone is 1. The number of carbonyl (C=O) groups excluding carboxylic acids is 3. The second-order valence-electron chi connectivity index (χ2n) is 15.3. The number of carbonyl (C=O) groups is 3. The molecule has 7 atom stereocenters. The van der Waals surface area contributed by atoms with E-state index in [1.54, 1.807) is 14.0 Å². The summed E-state index contributed by atoms with van der Waals surface area (Å²) in [5, 5.41) is 4.50. The van der Waals surface area contributed by atoms with Crippen LogP contribution in [0.25, 0.3) is 10.8 Å². The Labute approximate surface area is 294 Å². The number of anilines is 1. The molecule has 6 rings (SSSR count). The fourth-order valence-corrected chi connectivity index (χ4v) is 8.52. The van der Waals surface area contributed by atoms with Gasteiger partial charge in [0.05, 0.1) is 24.4 Å². The van der Waals surface area contributed by atoms with Gasteiger partial charge in [-0.2, -0.15) is 4.98 Å². The van der Waals surface area contributed by atoms with Crippen molar-refractivity contribution < 1.29 is 32.3 Å². The number of fused-ring (bicyclic) bond motifs is 3. The number of rotatable bonds is 7. The van der Waals surface area contributed by atoms with Crippen LogP contribution < -0.4 is 30.1 Å². The number of nitrogens with zero attached hydrogens (tertiary/aromatic N) is 3. The monoisotopic (exact) mass is 710 g/mol. The van der Waals surface area contributed by atoms with Gasteiger partial charge < -0.3 is 30.3 Å². The van der Waals surface area contributed by atoms with Crippen molar-refractivity contribution in [2.24, 2.45) is 23.5 Å². The van der Waals surface area contributed by atoms with Crippen molar-refractivity contribution >= 4 is 44.3 Å². The van der Waals surface area contributed by atoms with Gasteiger partial charge in [0, 0.05) is 31.8 Å². The molecular weight excluding hydrogens is 660 g/mol. The number of hydrogen-bond acceptors (Lipinski definition) is 10. The first kappa shape index (κ1) is 35.9. The molecule has 2 aromatic rings. The van der Waals surface area contributed by atoms with Gasteiger partial charge in [0.15, 0.2) is 0 Å². The lowest BCUT2D eigenvalue weighted by Gasteiger charge is -2.30. The zero-order valence-electron chi connectivity index (χ0n) is 29.8. The van der Waals surface area contributed by atoms with Gasteiger partial charge in [-0.15, -0.1) is 0 Å². The van der Waals surface area contributed by atoms with Crippen molar-refractivity contribution in [3.05, 3.63) is 36.4 Å². The van der Waals surface area contributed by atoms with E-state index in [2.05, 4.69) is 17.0 Å². The Kier molecular flexibility index (Phi) is 9.57. The van der Waals surface area contributed by atoms with Crippen LogP contribution in [0.5, 0.6) is 11.6 Å². The van der Waals surface area contributed by atoms with Crippen molar-refractivity contribution in [3.8, 4) is 11.6 Å². The molecular formula is C36H50N6O7S. The van der Waals surface area contributed by atoms with Crippen LogP contribution in [0.15, 0.2) is 36.4 Å². The SMILES string of the molecule is COc1ccc2c(O[C@@H]3C[C@H]4C(=O)N[C@]5(C(=O)NS(=O)(=O)C6(C)CC6)C[C@H]5/C=C\CCC(C)C[C@@H](C)[C@H](N)C(=O)N4C3)nc(N(C)C)cc2c1. The molecule has 1 unspecified atom stereocenters. The second-order valence-corrected chi connectivity index (χ2v) is 17.5. The molecule has 1 saturated heterocycles. The van der Waals surface area contributed by atoms with E-state index in [1.165, 1.54) is 4.90 Å². The van der Waals surface area contributed by atoms with E-state index >= 15 is 0 Å². The van der Waals surface area contributed by atoms with E-state index in [9.17, 15) is 22.8 Å². The lowest BCUT2D eigenvalue weighted by molar-refractivity contribution is -0.141. The number of aromatic nitrogens is 1. The quantitative estimate of drug-likeness (QED) is 0.363. The Balaban J connectivity index is 1.32. The Bertz CT molecular complexity index is 1810. The van der Waals surface area contributed by atoms with Crippen molar-refractivity contribution in [1.29, 1.82) is 0 Å². The molecule has 2 aliphatic heterocycles. The van der Waals surface area contributed by atoms with Crippen LogP contribution in [0.1, 0.15) is 65.7 Å². The average Bonchev–Trinajstić information content (AvgIpc) is 3.95. The topological polar surface area (TPSA) is 173 Å². The maximum absolute atomic E-state index is 14.3. The second kappa shape index (κ2) is 13.3. The lowest BCUT2D eigenvalue weighted by atomic mass is 9.88. The Morgan fingerprint density at radius 1 is 1.16 bits per heavy atom. The Morgan fingerprint density at radius 2 is 1.90 bits per heavy atom. The van der Waals surface area contributed by atoms with Crippen molar-refractivity contribution in [3.63, 3.8) is 0 Å². The van der Waals surface area contributed by atoms with Crippen LogP contribution in [0.3, 0.4) is 0 Å². The standard InChI is InChI=1S/C36H50N6O7S/c1-21-9-7-8-10-24-19-36(24,34(45)40-50(46,47)35(3)13-14-35)39-31(43)28-18-26(20-42(28)33(44)30(37)22(2)15-21)49-32-27-12-11-25(48-6)16-23(27)17-29(38-32)41(4)5/h8,10-12,16-17,21-22,24,26,28,30H,7,9,13-15,18-20,37H2,1-6H3,(H,39,43)(H,40,45)/b10-8-/t21?,22-,24-,26-,28+,30+,36-/m1/s1. The summed E-state index contributed by atoms with van der Waals surface area (Å²) in [4.78, 5) is 50.3. The first-order valence-electron chi connectivity index (χ1n) is 17.5. The van der Waals surface area contributed by atoms with Gasteiger partial charge >= 0.3 is 0 Å². The van der Waals surface area contributed by atoms with Gasteiger partial charge in [-0.25, -0.2) is 8.42 Å². The average molecular weight is 711 g/mol. The van der Waals surface area contributed by atoms with E-state index in [4.69, 9.17) is 20.2 Å². The third kappa shape index (κ3) is 6.88. The van der Waals surface area contributed by atoms with Crippen LogP contribution in [0, 0.1) is 17.8 Å². The first-order valence-corrected chi connectivity index (χ1v) is 19.0. The number of pyridine rings is 1. The fourth-order valence-electron chi connectivity index (χ4n) is 7.21. The summed E-state index contributed by atoms with van der Waals surface area (Å²) >= 11 is 0. The summed E-state index contributed by atoms with van der Waals surface area (Å²) in [7, 11) is 1.40. The highest BCUT2D eigenvalue weighted by Gasteiger charge is 2.63. The maximum Gasteiger partial charge on any atom is 0.259 e. The molecule has 272 valence electrons. The van der Waals surface area contributed by atoms with E-state index in [-0.39, 0.29) is 37.1 Å². The Morgan fingerprint density at radius 3 is 2.58 bits per heavy atom. The fraction of sp³-hybridized carbons (Fsp3) is 0.611. The predicted molar refractivity (Wildman–Crippen MR) is 190 cm³/mol. The largest absolute Gasteiger partial charge is 0.497 e.